The molecule has 172 valence electrons. The van der Waals surface area contributed by atoms with E-state index < -0.39 is 11.6 Å². The lowest BCUT2D eigenvalue weighted by Gasteiger charge is -2.25. The van der Waals surface area contributed by atoms with Gasteiger partial charge in [0.05, 0.1) is 23.8 Å². The van der Waals surface area contributed by atoms with E-state index in [0.29, 0.717) is 31.9 Å². The van der Waals surface area contributed by atoms with E-state index in [4.69, 9.17) is 9.47 Å². The van der Waals surface area contributed by atoms with Crippen molar-refractivity contribution < 1.29 is 23.0 Å². The molecule has 5 rings (SSSR count). The van der Waals surface area contributed by atoms with Crippen LogP contribution in [0.1, 0.15) is 43.4 Å². The van der Waals surface area contributed by atoms with Gasteiger partial charge in [0.25, 0.3) is 0 Å². The molecular formula is C25H25F2N3O3. The fourth-order valence-electron chi connectivity index (χ4n) is 4.83. The van der Waals surface area contributed by atoms with Gasteiger partial charge in [0.2, 0.25) is 0 Å². The van der Waals surface area contributed by atoms with Gasteiger partial charge in [0.1, 0.15) is 0 Å². The summed E-state index contributed by atoms with van der Waals surface area (Å²) in [5.41, 5.74) is 4.33. The number of rotatable bonds is 6. The zero-order valence-electron chi connectivity index (χ0n) is 18.4. The van der Waals surface area contributed by atoms with Gasteiger partial charge in [-0.25, -0.2) is 8.78 Å². The summed E-state index contributed by atoms with van der Waals surface area (Å²) in [5, 5.41) is 9.02. The maximum absolute atomic E-state index is 14.3. The summed E-state index contributed by atoms with van der Waals surface area (Å²) in [6, 6.07) is 8.00. The predicted molar refractivity (Wildman–Crippen MR) is 121 cm³/mol. The number of aromatic nitrogens is 3. The first-order valence-electron chi connectivity index (χ1n) is 11.3. The minimum Gasteiger partial charge on any atom is -0.466 e. The van der Waals surface area contributed by atoms with Gasteiger partial charge < -0.3 is 14.0 Å². The monoisotopic (exact) mass is 453 g/mol. The van der Waals surface area contributed by atoms with Gasteiger partial charge in [-0.15, -0.1) is 0 Å². The zero-order chi connectivity index (χ0) is 22.9. The Morgan fingerprint density at radius 2 is 2.03 bits per heavy atom. The van der Waals surface area contributed by atoms with E-state index in [0.717, 1.165) is 52.0 Å². The van der Waals surface area contributed by atoms with Gasteiger partial charge in [-0.2, -0.15) is 5.10 Å². The average Bonchev–Trinajstić information content (AvgIpc) is 3.40. The first kappa shape index (κ1) is 21.6. The number of hydrogen-bond acceptors (Lipinski definition) is 4. The van der Waals surface area contributed by atoms with E-state index in [1.54, 1.807) is 19.2 Å². The van der Waals surface area contributed by atoms with Crippen LogP contribution in [-0.4, -0.2) is 40.6 Å². The standard InChI is InChI=1S/C25H25F2N3O3/c1-2-33-24(31)6-4-18-19-13-22-16(14-28-29-22)11-23(19)30(17-3-5-20(26)21(27)12-17)25(18)15-7-9-32-10-8-15/h3,5,11-15H,2,4,6-10H2,1H3,(H,28,29). The summed E-state index contributed by atoms with van der Waals surface area (Å²) >= 11 is 0. The second kappa shape index (κ2) is 8.94. The Balaban J connectivity index is 1.77. The number of hydrogen-bond donors (Lipinski definition) is 1. The topological polar surface area (TPSA) is 69.1 Å². The van der Waals surface area contributed by atoms with Crippen LogP contribution in [0.15, 0.2) is 36.5 Å². The van der Waals surface area contributed by atoms with E-state index in [9.17, 15) is 13.6 Å². The fourth-order valence-corrected chi connectivity index (χ4v) is 4.83. The Hall–Kier alpha value is -3.26. The van der Waals surface area contributed by atoms with Crippen LogP contribution in [0, 0.1) is 11.6 Å². The Morgan fingerprint density at radius 3 is 2.79 bits per heavy atom. The van der Waals surface area contributed by atoms with Crippen LogP contribution in [0.25, 0.3) is 27.5 Å². The molecule has 8 heteroatoms. The number of benzene rings is 2. The smallest absolute Gasteiger partial charge is 0.306 e. The van der Waals surface area contributed by atoms with Gasteiger partial charge in [0.15, 0.2) is 11.6 Å². The third-order valence-electron chi connectivity index (χ3n) is 6.33. The molecule has 3 heterocycles. The number of carbonyl (C=O) groups excluding carboxylic acids is 1. The predicted octanol–water partition coefficient (Wildman–Crippen LogP) is 5.17. The Morgan fingerprint density at radius 1 is 1.21 bits per heavy atom. The number of aryl methyl sites for hydroxylation is 1. The molecule has 1 saturated heterocycles. The van der Waals surface area contributed by atoms with Crippen LogP contribution in [0.5, 0.6) is 0 Å². The molecule has 0 atom stereocenters. The third kappa shape index (κ3) is 3.99. The van der Waals surface area contributed by atoms with Crippen molar-refractivity contribution in [1.82, 2.24) is 14.8 Å². The highest BCUT2D eigenvalue weighted by atomic mass is 19.2. The summed E-state index contributed by atoms with van der Waals surface area (Å²) in [5.74, 6) is -1.88. The van der Waals surface area contributed by atoms with Crippen molar-refractivity contribution in [3.63, 3.8) is 0 Å². The van der Waals surface area contributed by atoms with Crippen molar-refractivity contribution in [1.29, 1.82) is 0 Å². The molecule has 2 aromatic heterocycles. The second-order valence-corrected chi connectivity index (χ2v) is 8.32. The molecule has 1 aliphatic rings. The first-order chi connectivity index (χ1) is 16.1. The van der Waals surface area contributed by atoms with Crippen LogP contribution < -0.4 is 0 Å². The highest BCUT2D eigenvalue weighted by molar-refractivity contribution is 5.98. The van der Waals surface area contributed by atoms with E-state index >= 15 is 0 Å². The number of H-pyrrole nitrogens is 1. The summed E-state index contributed by atoms with van der Waals surface area (Å²) in [7, 11) is 0. The van der Waals surface area contributed by atoms with Crippen molar-refractivity contribution in [2.24, 2.45) is 0 Å². The number of nitrogens with one attached hydrogen (secondary N) is 1. The lowest BCUT2D eigenvalue weighted by molar-refractivity contribution is -0.143. The molecule has 1 fully saturated rings. The number of esters is 1. The molecule has 33 heavy (non-hydrogen) atoms. The minimum atomic E-state index is -0.898. The maximum atomic E-state index is 14.3. The number of aromatic amines is 1. The minimum absolute atomic E-state index is 0.160. The SMILES string of the molecule is CCOC(=O)CCc1c(C2CCOCC2)n(-c2ccc(F)c(F)c2)c2cc3cn[nH]c3cc12. The Labute approximate surface area is 189 Å². The van der Waals surface area contributed by atoms with Gasteiger partial charge in [-0.1, -0.05) is 0 Å². The zero-order valence-corrected chi connectivity index (χ0v) is 18.4. The molecule has 0 unspecified atom stereocenters. The largest absolute Gasteiger partial charge is 0.466 e. The van der Waals surface area contributed by atoms with Crippen molar-refractivity contribution in [2.45, 2.75) is 38.5 Å². The summed E-state index contributed by atoms with van der Waals surface area (Å²) in [4.78, 5) is 12.2. The van der Waals surface area contributed by atoms with E-state index in [2.05, 4.69) is 10.2 Å². The van der Waals surface area contributed by atoms with E-state index in [1.807, 2.05) is 16.7 Å². The molecule has 1 N–H and O–H groups in total. The number of fused-ring (bicyclic) bond motifs is 2. The van der Waals surface area contributed by atoms with E-state index in [-0.39, 0.29) is 18.3 Å². The number of nitrogens with zero attached hydrogens (tertiary/aromatic N) is 2. The number of halogens is 2. The molecule has 4 aromatic rings. The molecule has 6 nitrogen and oxygen atoms in total. The summed E-state index contributed by atoms with van der Waals surface area (Å²) in [6.07, 6.45) is 4.09. The number of carbonyl (C=O) groups is 1. The molecule has 0 aliphatic carbocycles. The van der Waals surface area contributed by atoms with Gasteiger partial charge in [-0.3, -0.25) is 9.89 Å². The van der Waals surface area contributed by atoms with Crippen LogP contribution in [0.4, 0.5) is 8.78 Å². The molecule has 2 aromatic carbocycles. The van der Waals surface area contributed by atoms with Crippen LogP contribution in [0.3, 0.4) is 0 Å². The van der Waals surface area contributed by atoms with Crippen molar-refractivity contribution in [3.8, 4) is 5.69 Å². The number of ether oxygens (including phenoxy) is 2. The molecule has 1 aliphatic heterocycles. The average molecular weight is 453 g/mol. The van der Waals surface area contributed by atoms with Gasteiger partial charge in [-0.05, 0) is 56.0 Å². The maximum Gasteiger partial charge on any atom is 0.306 e. The fraction of sp³-hybridized carbons (Fsp3) is 0.360. The normalized spacial score (nSPS) is 14.9. The molecule has 0 amide bonds. The van der Waals surface area contributed by atoms with Crippen LogP contribution in [0.2, 0.25) is 0 Å². The highest BCUT2D eigenvalue weighted by Crippen LogP contribution is 2.40. The lowest BCUT2D eigenvalue weighted by atomic mass is 9.91. The molecule has 0 bridgehead atoms. The quantitative estimate of drug-likeness (QED) is 0.409. The van der Waals surface area contributed by atoms with Crippen molar-refractivity contribution >= 4 is 27.8 Å². The molecule has 0 saturated carbocycles. The van der Waals surface area contributed by atoms with Crippen molar-refractivity contribution in [2.75, 3.05) is 19.8 Å². The summed E-state index contributed by atoms with van der Waals surface area (Å²) < 4.78 is 40.8. The lowest BCUT2D eigenvalue weighted by Crippen LogP contribution is -2.18. The van der Waals surface area contributed by atoms with E-state index in [1.165, 1.54) is 6.07 Å². The van der Waals surface area contributed by atoms with Crippen LogP contribution >= 0.6 is 0 Å². The Kier molecular flexibility index (Phi) is 5.85. The molecular weight excluding hydrogens is 428 g/mol. The third-order valence-corrected chi connectivity index (χ3v) is 6.33. The highest BCUT2D eigenvalue weighted by Gasteiger charge is 2.28. The molecule has 0 radical (unpaired) electrons. The second-order valence-electron chi connectivity index (χ2n) is 8.32. The van der Waals surface area contributed by atoms with Gasteiger partial charge in [0, 0.05) is 53.8 Å². The van der Waals surface area contributed by atoms with Crippen LogP contribution in [-0.2, 0) is 20.7 Å². The van der Waals surface area contributed by atoms with Gasteiger partial charge >= 0.3 is 5.97 Å². The summed E-state index contributed by atoms with van der Waals surface area (Å²) in [6.45, 7) is 3.38. The first-order valence-corrected chi connectivity index (χ1v) is 11.3. The van der Waals surface area contributed by atoms with Crippen molar-refractivity contribution in [3.05, 3.63) is 59.4 Å². The Bertz CT molecular complexity index is 1320. The molecule has 0 spiro atoms.